The highest BCUT2D eigenvalue weighted by Gasteiger charge is 2.33. The molecule has 0 spiro atoms. The summed E-state index contributed by atoms with van der Waals surface area (Å²) >= 11 is 0. The van der Waals surface area contributed by atoms with Crippen molar-refractivity contribution in [3.8, 4) is 17.2 Å². The first-order valence-electron chi connectivity index (χ1n) is 9.87. The van der Waals surface area contributed by atoms with Crippen LogP contribution >= 0.6 is 0 Å². The minimum Gasteiger partial charge on any atom is -0.478 e. The van der Waals surface area contributed by atoms with Gasteiger partial charge in [-0.3, -0.25) is 9.69 Å². The minimum atomic E-state index is -0.435. The van der Waals surface area contributed by atoms with Gasteiger partial charge in [0.25, 0.3) is 0 Å². The third kappa shape index (κ3) is 3.21. The van der Waals surface area contributed by atoms with Gasteiger partial charge in [-0.15, -0.1) is 0 Å². The summed E-state index contributed by atoms with van der Waals surface area (Å²) in [4.78, 5) is 27.0. The molecule has 7 nitrogen and oxygen atoms in total. The van der Waals surface area contributed by atoms with Gasteiger partial charge in [0.2, 0.25) is 11.2 Å². The van der Waals surface area contributed by atoms with Gasteiger partial charge in [0.1, 0.15) is 29.6 Å². The van der Waals surface area contributed by atoms with Gasteiger partial charge < -0.3 is 18.6 Å². The second-order valence-corrected chi connectivity index (χ2v) is 7.60. The number of carbonyl (C=O) groups excluding carboxylic acids is 1. The van der Waals surface area contributed by atoms with Crippen molar-refractivity contribution in [2.24, 2.45) is 0 Å². The Morgan fingerprint density at radius 2 is 1.90 bits per heavy atom. The zero-order valence-corrected chi connectivity index (χ0v) is 16.8. The molecule has 0 radical (unpaired) electrons. The van der Waals surface area contributed by atoms with E-state index in [0.29, 0.717) is 47.4 Å². The Morgan fingerprint density at radius 1 is 1.13 bits per heavy atom. The summed E-state index contributed by atoms with van der Waals surface area (Å²) in [5.74, 6) is 1.27. The summed E-state index contributed by atoms with van der Waals surface area (Å²) < 4.78 is 22.5. The molecule has 3 aromatic rings. The number of rotatable bonds is 4. The lowest BCUT2D eigenvalue weighted by Gasteiger charge is -2.29. The number of fused-ring (bicyclic) bond motifs is 3. The monoisotopic (exact) mass is 407 g/mol. The van der Waals surface area contributed by atoms with E-state index >= 15 is 0 Å². The van der Waals surface area contributed by atoms with E-state index < -0.39 is 5.97 Å². The number of benzene rings is 2. The van der Waals surface area contributed by atoms with Crippen LogP contribution in [0.5, 0.6) is 17.2 Å². The minimum absolute atomic E-state index is 0.129. The van der Waals surface area contributed by atoms with Crippen LogP contribution in [-0.4, -0.2) is 30.8 Å². The number of carbonyl (C=O) groups is 1. The fourth-order valence-electron chi connectivity index (χ4n) is 3.76. The summed E-state index contributed by atoms with van der Waals surface area (Å²) in [7, 11) is 1.32. The molecule has 2 heterocycles. The number of aryl methyl sites for hydroxylation is 1. The lowest BCUT2D eigenvalue weighted by atomic mass is 10.1. The van der Waals surface area contributed by atoms with Crippen molar-refractivity contribution in [1.82, 2.24) is 4.90 Å². The van der Waals surface area contributed by atoms with Crippen LogP contribution in [0.2, 0.25) is 0 Å². The van der Waals surface area contributed by atoms with Crippen LogP contribution in [0, 0.1) is 6.92 Å². The molecule has 1 aliphatic heterocycles. The molecule has 2 aliphatic rings. The lowest BCUT2D eigenvalue weighted by molar-refractivity contribution is 0.0600. The highest BCUT2D eigenvalue weighted by molar-refractivity contribution is 5.89. The van der Waals surface area contributed by atoms with Gasteiger partial charge in [-0.1, -0.05) is 0 Å². The Bertz CT molecular complexity index is 1190. The summed E-state index contributed by atoms with van der Waals surface area (Å²) in [6.07, 6.45) is 2.36. The molecule has 0 amide bonds. The summed E-state index contributed by atoms with van der Waals surface area (Å²) in [6, 6.07) is 10.5. The maximum atomic E-state index is 13.2. The standard InChI is InChI=1S/C23H21NO6/c1-13-21(30-16-7-3-14(4-8-16)23(26)27-2)20(25)17-9-10-19-18(22(17)29-13)11-24(12-28-19)15-5-6-15/h3-4,7-10,15H,5-6,11-12H2,1-2H3. The van der Waals surface area contributed by atoms with Crippen molar-refractivity contribution in [2.45, 2.75) is 32.4 Å². The molecule has 0 saturated heterocycles. The Morgan fingerprint density at radius 3 is 2.60 bits per heavy atom. The van der Waals surface area contributed by atoms with E-state index in [1.165, 1.54) is 20.0 Å². The van der Waals surface area contributed by atoms with Crippen LogP contribution in [-0.2, 0) is 11.3 Å². The summed E-state index contributed by atoms with van der Waals surface area (Å²) in [6.45, 7) is 2.98. The van der Waals surface area contributed by atoms with E-state index in [0.717, 1.165) is 11.3 Å². The first-order chi connectivity index (χ1) is 14.5. The van der Waals surface area contributed by atoms with Gasteiger partial charge in [-0.25, -0.2) is 4.79 Å². The van der Waals surface area contributed by atoms with Crippen LogP contribution in [0.3, 0.4) is 0 Å². The Kier molecular flexibility index (Phi) is 4.47. The van der Waals surface area contributed by atoms with Crippen molar-refractivity contribution in [2.75, 3.05) is 13.8 Å². The fourth-order valence-corrected chi connectivity index (χ4v) is 3.76. The molecule has 154 valence electrons. The van der Waals surface area contributed by atoms with E-state index in [9.17, 15) is 9.59 Å². The Hall–Kier alpha value is -3.32. The van der Waals surface area contributed by atoms with E-state index in [4.69, 9.17) is 18.6 Å². The molecule has 5 rings (SSSR count). The number of hydrogen-bond acceptors (Lipinski definition) is 7. The quantitative estimate of drug-likeness (QED) is 0.605. The van der Waals surface area contributed by atoms with Gasteiger partial charge in [-0.05, 0) is 56.2 Å². The van der Waals surface area contributed by atoms with Gasteiger partial charge >= 0.3 is 5.97 Å². The van der Waals surface area contributed by atoms with Crippen molar-refractivity contribution in [3.63, 3.8) is 0 Å². The number of esters is 1. The van der Waals surface area contributed by atoms with Crippen molar-refractivity contribution >= 4 is 16.9 Å². The number of nitrogens with zero attached hydrogens (tertiary/aromatic N) is 1. The van der Waals surface area contributed by atoms with Crippen LogP contribution in [0.15, 0.2) is 45.6 Å². The fraction of sp³-hybridized carbons (Fsp3) is 0.304. The third-order valence-corrected chi connectivity index (χ3v) is 5.55. The van der Waals surface area contributed by atoms with Gasteiger partial charge in [0, 0.05) is 12.6 Å². The topological polar surface area (TPSA) is 78.2 Å². The van der Waals surface area contributed by atoms with Crippen LogP contribution in [0.25, 0.3) is 11.0 Å². The maximum absolute atomic E-state index is 13.2. The maximum Gasteiger partial charge on any atom is 0.337 e. The van der Waals surface area contributed by atoms with Crippen LogP contribution in [0.4, 0.5) is 0 Å². The SMILES string of the molecule is COC(=O)c1ccc(Oc2c(C)oc3c4c(ccc3c2=O)OCN(C2CC2)C4)cc1. The number of ether oxygens (including phenoxy) is 3. The van der Waals surface area contributed by atoms with E-state index in [-0.39, 0.29) is 11.2 Å². The molecule has 0 unspecified atom stereocenters. The Balaban J connectivity index is 1.51. The third-order valence-electron chi connectivity index (χ3n) is 5.55. The second-order valence-electron chi connectivity index (χ2n) is 7.60. The van der Waals surface area contributed by atoms with E-state index in [2.05, 4.69) is 4.90 Å². The lowest BCUT2D eigenvalue weighted by Crippen LogP contribution is -2.33. The van der Waals surface area contributed by atoms with Crippen molar-refractivity contribution in [3.05, 3.63) is 63.5 Å². The molecule has 1 fully saturated rings. The smallest absolute Gasteiger partial charge is 0.337 e. The zero-order chi connectivity index (χ0) is 20.8. The molecule has 1 aromatic heterocycles. The first-order valence-corrected chi connectivity index (χ1v) is 9.87. The van der Waals surface area contributed by atoms with Gasteiger partial charge in [-0.2, -0.15) is 0 Å². The molecule has 2 aromatic carbocycles. The molecule has 1 saturated carbocycles. The average molecular weight is 407 g/mol. The van der Waals surface area contributed by atoms with Gasteiger partial charge in [0.05, 0.1) is 23.6 Å². The van der Waals surface area contributed by atoms with Crippen molar-refractivity contribution in [1.29, 1.82) is 0 Å². The second kappa shape index (κ2) is 7.18. The van der Waals surface area contributed by atoms with Crippen LogP contribution < -0.4 is 14.9 Å². The highest BCUT2D eigenvalue weighted by Crippen LogP contribution is 2.37. The zero-order valence-electron chi connectivity index (χ0n) is 16.8. The molecule has 1 aliphatic carbocycles. The molecule has 0 atom stereocenters. The first kappa shape index (κ1) is 18.7. The van der Waals surface area contributed by atoms with Gasteiger partial charge in [0.15, 0.2) is 0 Å². The predicted octanol–water partition coefficient (Wildman–Crippen LogP) is 3.99. The number of methoxy groups -OCH3 is 1. The molecule has 0 bridgehead atoms. The normalized spacial score (nSPS) is 16.1. The molecular formula is C23H21NO6. The largest absolute Gasteiger partial charge is 0.478 e. The average Bonchev–Trinajstić information content (AvgIpc) is 3.61. The van der Waals surface area contributed by atoms with E-state index in [1.54, 1.807) is 37.3 Å². The number of hydrogen-bond donors (Lipinski definition) is 0. The summed E-state index contributed by atoms with van der Waals surface area (Å²) in [5.41, 5.74) is 1.62. The molecule has 0 N–H and O–H groups in total. The molecule has 30 heavy (non-hydrogen) atoms. The summed E-state index contributed by atoms with van der Waals surface area (Å²) in [5, 5.41) is 0.460. The molecule has 7 heteroatoms. The highest BCUT2D eigenvalue weighted by atomic mass is 16.5. The van der Waals surface area contributed by atoms with Crippen LogP contribution in [0.1, 0.15) is 34.5 Å². The Labute approximate surface area is 172 Å². The van der Waals surface area contributed by atoms with Crippen molar-refractivity contribution < 1.29 is 23.4 Å². The van der Waals surface area contributed by atoms with E-state index in [1.807, 2.05) is 6.07 Å². The predicted molar refractivity (Wildman–Crippen MR) is 109 cm³/mol. The molecular weight excluding hydrogens is 386 g/mol.